The first kappa shape index (κ1) is 20.5. The molecule has 31 heavy (non-hydrogen) atoms. The third kappa shape index (κ3) is 3.62. The number of nitrogens with one attached hydrogen (secondary N) is 2. The highest BCUT2D eigenvalue weighted by atomic mass is 35.5. The summed E-state index contributed by atoms with van der Waals surface area (Å²) in [6.45, 7) is 4.28. The van der Waals surface area contributed by atoms with E-state index in [2.05, 4.69) is 30.4 Å². The van der Waals surface area contributed by atoms with Crippen LogP contribution in [0.3, 0.4) is 0 Å². The van der Waals surface area contributed by atoms with E-state index in [9.17, 15) is 4.79 Å². The number of hydrogen-bond acceptors (Lipinski definition) is 6. The molecule has 1 amide bonds. The van der Waals surface area contributed by atoms with Crippen molar-refractivity contribution >= 4 is 46.0 Å². The van der Waals surface area contributed by atoms with Crippen molar-refractivity contribution in [3.8, 4) is 0 Å². The molecule has 162 valence electrons. The fourth-order valence-electron chi connectivity index (χ4n) is 4.70. The van der Waals surface area contributed by atoms with E-state index in [0.29, 0.717) is 36.2 Å². The van der Waals surface area contributed by atoms with Crippen LogP contribution in [0.15, 0.2) is 30.7 Å². The molecular weight excluding hydrogens is 437 g/mol. The summed E-state index contributed by atoms with van der Waals surface area (Å²) in [6.07, 6.45) is 4.77. The van der Waals surface area contributed by atoms with Crippen molar-refractivity contribution in [1.82, 2.24) is 30.4 Å². The molecule has 5 rings (SSSR count). The minimum atomic E-state index is -0.575. The number of hydrogen-bond donors (Lipinski definition) is 2. The van der Waals surface area contributed by atoms with Gasteiger partial charge in [-0.1, -0.05) is 29.3 Å². The van der Waals surface area contributed by atoms with Gasteiger partial charge in [-0.15, -0.1) is 0 Å². The van der Waals surface area contributed by atoms with Crippen molar-refractivity contribution < 1.29 is 4.79 Å². The van der Waals surface area contributed by atoms with Crippen LogP contribution >= 0.6 is 23.2 Å². The molecule has 1 aromatic carbocycles. The highest BCUT2D eigenvalue weighted by molar-refractivity contribution is 6.42. The van der Waals surface area contributed by atoms with Crippen molar-refractivity contribution in [2.24, 2.45) is 0 Å². The van der Waals surface area contributed by atoms with Gasteiger partial charge in [-0.25, -0.2) is 9.97 Å². The maximum atomic E-state index is 13.8. The smallest absolute Gasteiger partial charge is 0.233 e. The summed E-state index contributed by atoms with van der Waals surface area (Å²) in [6, 6.07) is 5.60. The third-order valence-electron chi connectivity index (χ3n) is 6.43. The van der Waals surface area contributed by atoms with Gasteiger partial charge < -0.3 is 15.1 Å². The Hall–Kier alpha value is -2.42. The lowest BCUT2D eigenvalue weighted by atomic mass is 9.72. The number of benzene rings is 1. The summed E-state index contributed by atoms with van der Waals surface area (Å²) in [5.74, 6) is 1.02. The maximum absolute atomic E-state index is 13.8. The topological polar surface area (TPSA) is 90.0 Å². The Labute approximate surface area is 189 Å². The molecule has 2 N–H and O–H groups in total. The molecule has 0 radical (unpaired) electrons. The van der Waals surface area contributed by atoms with Crippen LogP contribution in [-0.2, 0) is 10.2 Å². The number of piperazine rings is 1. The second-order valence-corrected chi connectivity index (χ2v) is 8.88. The summed E-state index contributed by atoms with van der Waals surface area (Å²) >= 11 is 12.5. The summed E-state index contributed by atoms with van der Waals surface area (Å²) < 4.78 is 0. The van der Waals surface area contributed by atoms with E-state index >= 15 is 0 Å². The number of rotatable bonds is 3. The Morgan fingerprint density at radius 2 is 1.81 bits per heavy atom. The number of halogens is 2. The summed E-state index contributed by atoms with van der Waals surface area (Å²) in [5.41, 5.74) is 1.09. The minimum Gasteiger partial charge on any atom is -0.352 e. The highest BCUT2D eigenvalue weighted by Gasteiger charge is 2.44. The summed E-state index contributed by atoms with van der Waals surface area (Å²) in [7, 11) is 0. The first-order valence-electron chi connectivity index (χ1n) is 10.4. The molecule has 0 bridgehead atoms. The van der Waals surface area contributed by atoms with Crippen LogP contribution in [-0.4, -0.2) is 70.2 Å². The molecule has 2 aromatic heterocycles. The largest absolute Gasteiger partial charge is 0.352 e. The fourth-order valence-corrected chi connectivity index (χ4v) is 5.00. The molecule has 0 aliphatic carbocycles. The Morgan fingerprint density at radius 3 is 2.55 bits per heavy atom. The van der Waals surface area contributed by atoms with Gasteiger partial charge in [-0.2, -0.15) is 5.10 Å². The zero-order chi connectivity index (χ0) is 21.4. The zero-order valence-electron chi connectivity index (χ0n) is 16.9. The quantitative estimate of drug-likeness (QED) is 0.625. The van der Waals surface area contributed by atoms with Crippen LogP contribution in [0.2, 0.25) is 10.0 Å². The molecule has 10 heteroatoms. The van der Waals surface area contributed by atoms with Gasteiger partial charge in [0, 0.05) is 26.2 Å². The lowest BCUT2D eigenvalue weighted by molar-refractivity contribution is -0.139. The van der Waals surface area contributed by atoms with Crippen LogP contribution in [0.25, 0.3) is 11.0 Å². The number of carbonyl (C=O) groups is 1. The Morgan fingerprint density at radius 1 is 1.03 bits per heavy atom. The van der Waals surface area contributed by atoms with E-state index in [1.807, 2.05) is 17.0 Å². The third-order valence-corrected chi connectivity index (χ3v) is 7.17. The first-order valence-corrected chi connectivity index (χ1v) is 11.2. The normalized spacial score (nSPS) is 19.0. The van der Waals surface area contributed by atoms with Gasteiger partial charge in [0.1, 0.15) is 12.1 Å². The monoisotopic (exact) mass is 459 g/mol. The Balaban J connectivity index is 1.37. The SMILES string of the molecule is O=C(N1CCN(c2ncnc3[nH]ncc23)CC1)C1(c2ccc(Cl)c(Cl)c2)CCNCC1. The number of amides is 1. The van der Waals surface area contributed by atoms with Crippen molar-refractivity contribution in [2.75, 3.05) is 44.2 Å². The van der Waals surface area contributed by atoms with Crippen molar-refractivity contribution in [3.63, 3.8) is 0 Å². The second-order valence-electron chi connectivity index (χ2n) is 8.07. The van der Waals surface area contributed by atoms with Gasteiger partial charge in [0.2, 0.25) is 5.91 Å². The molecule has 0 saturated carbocycles. The van der Waals surface area contributed by atoms with E-state index in [1.165, 1.54) is 0 Å². The molecule has 3 aromatic rings. The van der Waals surface area contributed by atoms with Gasteiger partial charge >= 0.3 is 0 Å². The van der Waals surface area contributed by atoms with E-state index < -0.39 is 5.41 Å². The predicted octanol–water partition coefficient (Wildman–Crippen LogP) is 2.63. The Bertz CT molecular complexity index is 1100. The van der Waals surface area contributed by atoms with E-state index in [-0.39, 0.29) is 5.91 Å². The number of aromatic amines is 1. The molecule has 0 unspecified atom stereocenters. The minimum absolute atomic E-state index is 0.170. The maximum Gasteiger partial charge on any atom is 0.233 e. The molecule has 0 atom stereocenters. The average molecular weight is 460 g/mol. The Kier molecular flexibility index (Phi) is 5.45. The van der Waals surface area contributed by atoms with E-state index in [4.69, 9.17) is 23.2 Å². The van der Waals surface area contributed by atoms with Crippen LogP contribution < -0.4 is 10.2 Å². The standard InChI is InChI=1S/C21H23Cl2N7O/c22-16-2-1-14(11-17(16)23)21(3-5-24-6-4-21)20(31)30-9-7-29(8-10-30)19-15-12-27-28-18(15)25-13-26-19/h1-2,11-13,24H,3-10H2,(H,25,26,27,28). The number of H-pyrrole nitrogens is 1. The predicted molar refractivity (Wildman–Crippen MR) is 121 cm³/mol. The fraction of sp³-hybridized carbons (Fsp3) is 0.429. The molecule has 2 aliphatic rings. The van der Waals surface area contributed by atoms with Gasteiger partial charge in [0.05, 0.1) is 27.0 Å². The zero-order valence-corrected chi connectivity index (χ0v) is 18.5. The molecule has 4 heterocycles. The average Bonchev–Trinajstić information content (AvgIpc) is 3.30. The van der Waals surface area contributed by atoms with Crippen LogP contribution in [0, 0.1) is 0 Å². The number of aromatic nitrogens is 4. The van der Waals surface area contributed by atoms with E-state index in [1.54, 1.807) is 18.6 Å². The number of fused-ring (bicyclic) bond motifs is 1. The van der Waals surface area contributed by atoms with Gasteiger partial charge in [0.15, 0.2) is 5.65 Å². The molecule has 2 aliphatic heterocycles. The van der Waals surface area contributed by atoms with Crippen molar-refractivity contribution in [1.29, 1.82) is 0 Å². The van der Waals surface area contributed by atoms with Gasteiger partial charge in [0.25, 0.3) is 0 Å². The number of anilines is 1. The van der Waals surface area contributed by atoms with Crippen LogP contribution in [0.5, 0.6) is 0 Å². The lowest BCUT2D eigenvalue weighted by Gasteiger charge is -2.43. The van der Waals surface area contributed by atoms with Gasteiger partial charge in [-0.3, -0.25) is 9.89 Å². The molecular formula is C21H23Cl2N7O. The molecule has 2 fully saturated rings. The van der Waals surface area contributed by atoms with E-state index in [0.717, 1.165) is 48.3 Å². The summed E-state index contributed by atoms with van der Waals surface area (Å²) in [5, 5.41) is 12.2. The van der Waals surface area contributed by atoms with Crippen molar-refractivity contribution in [2.45, 2.75) is 18.3 Å². The lowest BCUT2D eigenvalue weighted by Crippen LogP contribution is -2.57. The molecule has 8 nitrogen and oxygen atoms in total. The molecule has 0 spiro atoms. The number of nitrogens with zero attached hydrogens (tertiary/aromatic N) is 5. The van der Waals surface area contributed by atoms with Crippen LogP contribution in [0.1, 0.15) is 18.4 Å². The highest BCUT2D eigenvalue weighted by Crippen LogP contribution is 2.38. The summed E-state index contributed by atoms with van der Waals surface area (Å²) in [4.78, 5) is 26.7. The second kappa shape index (κ2) is 8.26. The first-order chi connectivity index (χ1) is 15.1. The van der Waals surface area contributed by atoms with Gasteiger partial charge in [-0.05, 0) is 43.6 Å². The van der Waals surface area contributed by atoms with Crippen molar-refractivity contribution in [3.05, 3.63) is 46.3 Å². The number of carbonyl (C=O) groups excluding carboxylic acids is 1. The molecule has 2 saturated heterocycles. The van der Waals surface area contributed by atoms with Crippen LogP contribution in [0.4, 0.5) is 5.82 Å². The number of piperidine rings is 1.